The van der Waals surface area contributed by atoms with Gasteiger partial charge >= 0.3 is 0 Å². The Labute approximate surface area is 197 Å². The van der Waals surface area contributed by atoms with Crippen molar-refractivity contribution in [2.45, 2.75) is 86.2 Å². The average Bonchev–Trinajstić information content (AvgIpc) is 3.26. The second-order valence-corrected chi connectivity index (χ2v) is 11.9. The van der Waals surface area contributed by atoms with Gasteiger partial charge in [-0.15, -0.1) is 0 Å². The van der Waals surface area contributed by atoms with E-state index in [0.717, 1.165) is 25.7 Å². The molecule has 1 saturated carbocycles. The fourth-order valence-corrected chi connectivity index (χ4v) is 6.50. The van der Waals surface area contributed by atoms with Gasteiger partial charge in [0, 0.05) is 23.3 Å². The number of ketones is 1. The second kappa shape index (κ2) is 8.18. The molecule has 5 heteroatoms. The molecular weight excluding hydrogens is 416 g/mol. The zero-order chi connectivity index (χ0) is 24.3. The number of phenols is 2. The molecule has 1 fully saturated rings. The number of rotatable bonds is 4. The fraction of sp³-hybridized carbons (Fsp3) is 0.643. The molecule has 3 aliphatic rings. The van der Waals surface area contributed by atoms with Crippen LogP contribution >= 0.6 is 0 Å². The fourth-order valence-electron chi connectivity index (χ4n) is 6.50. The molecule has 1 heterocycles. The van der Waals surface area contributed by atoms with E-state index >= 15 is 0 Å². The van der Waals surface area contributed by atoms with E-state index < -0.39 is 5.75 Å². The number of hydrogen-bond acceptors (Lipinski definition) is 5. The minimum absolute atomic E-state index is 0.0141. The molecule has 0 aromatic heterocycles. The molecule has 4 rings (SSSR count). The maximum atomic E-state index is 12.9. The summed E-state index contributed by atoms with van der Waals surface area (Å²) in [6.45, 7) is 12.8. The second-order valence-electron chi connectivity index (χ2n) is 11.9. The Morgan fingerprint density at radius 3 is 2.58 bits per heavy atom. The maximum Gasteiger partial charge on any atom is 0.170 e. The molecule has 180 valence electrons. The van der Waals surface area contributed by atoms with Crippen molar-refractivity contribution >= 4 is 12.1 Å². The molecule has 0 bridgehead atoms. The molecule has 2 aliphatic carbocycles. The standard InChI is InChI=1S/C28H38O5/c1-15(2)12-20(30)21-23(31)17-13-28(6)11-7-8-16(3)9-10-19-22(27(19,4)5)26(28)33-25(17)18(14-29)24(21)32/h8,14-15,19,22,26,31-32H,7,9-13H2,1-6H3. The maximum absolute atomic E-state index is 12.9. The number of hydrogen-bond donors (Lipinski definition) is 2. The van der Waals surface area contributed by atoms with Crippen LogP contribution < -0.4 is 4.74 Å². The zero-order valence-corrected chi connectivity index (χ0v) is 20.8. The van der Waals surface area contributed by atoms with Crippen LogP contribution in [0.3, 0.4) is 0 Å². The molecule has 33 heavy (non-hydrogen) atoms. The summed E-state index contributed by atoms with van der Waals surface area (Å²) in [5, 5.41) is 22.0. The molecule has 2 N–H and O–H groups in total. The van der Waals surface area contributed by atoms with Gasteiger partial charge in [0.25, 0.3) is 0 Å². The van der Waals surface area contributed by atoms with Crippen molar-refractivity contribution in [3.63, 3.8) is 0 Å². The van der Waals surface area contributed by atoms with Crippen molar-refractivity contribution in [3.8, 4) is 17.2 Å². The molecule has 0 spiro atoms. The van der Waals surface area contributed by atoms with E-state index in [1.807, 2.05) is 13.8 Å². The number of phenolic OH excluding ortho intramolecular Hbond substituents is 2. The van der Waals surface area contributed by atoms with Gasteiger partial charge in [0.05, 0.1) is 5.56 Å². The molecule has 1 aromatic rings. The SMILES string of the molecule is CC1=CCCC2(C)Cc3c(O)c(C(=O)CC(C)C)c(O)c(C=O)c3OC2C2C(CC1)C2(C)C. The van der Waals surface area contributed by atoms with Gasteiger partial charge in [-0.3, -0.25) is 9.59 Å². The van der Waals surface area contributed by atoms with Gasteiger partial charge in [-0.1, -0.05) is 46.3 Å². The van der Waals surface area contributed by atoms with Crippen LogP contribution in [0.25, 0.3) is 0 Å². The third-order valence-corrected chi connectivity index (χ3v) is 8.56. The van der Waals surface area contributed by atoms with Crippen LogP contribution in [0.2, 0.25) is 0 Å². The van der Waals surface area contributed by atoms with E-state index in [1.54, 1.807) is 0 Å². The predicted molar refractivity (Wildman–Crippen MR) is 128 cm³/mol. The molecule has 4 atom stereocenters. The zero-order valence-electron chi connectivity index (χ0n) is 20.8. The quantitative estimate of drug-likeness (QED) is 0.319. The Morgan fingerprint density at radius 1 is 1.24 bits per heavy atom. The van der Waals surface area contributed by atoms with E-state index in [4.69, 9.17) is 4.74 Å². The Morgan fingerprint density at radius 2 is 1.94 bits per heavy atom. The van der Waals surface area contributed by atoms with E-state index in [0.29, 0.717) is 30.1 Å². The summed E-state index contributed by atoms with van der Waals surface area (Å²) in [6.07, 6.45) is 7.47. The van der Waals surface area contributed by atoms with Crippen LogP contribution in [-0.2, 0) is 6.42 Å². The Hall–Kier alpha value is -2.30. The molecule has 5 nitrogen and oxygen atoms in total. The predicted octanol–water partition coefficient (Wildman–Crippen LogP) is 6.24. The van der Waals surface area contributed by atoms with Crippen molar-refractivity contribution in [1.82, 2.24) is 0 Å². The number of aldehydes is 1. The van der Waals surface area contributed by atoms with Crippen LogP contribution in [0, 0.1) is 28.6 Å². The molecule has 4 unspecified atom stereocenters. The minimum atomic E-state index is -0.458. The first-order valence-electron chi connectivity index (χ1n) is 12.3. The van der Waals surface area contributed by atoms with Gasteiger partial charge in [-0.05, 0) is 56.3 Å². The van der Waals surface area contributed by atoms with E-state index in [2.05, 4.69) is 33.8 Å². The third kappa shape index (κ3) is 3.87. The van der Waals surface area contributed by atoms with Gasteiger partial charge in [-0.25, -0.2) is 0 Å². The number of benzene rings is 1. The molecule has 0 radical (unpaired) electrons. The first kappa shape index (κ1) is 23.8. The number of carbonyl (C=O) groups is 2. The van der Waals surface area contributed by atoms with Crippen molar-refractivity contribution in [2.75, 3.05) is 0 Å². The molecule has 1 aliphatic heterocycles. The number of ether oxygens (including phenoxy) is 1. The summed E-state index contributed by atoms with van der Waals surface area (Å²) in [6, 6.07) is 0. The van der Waals surface area contributed by atoms with Crippen LogP contribution in [0.15, 0.2) is 11.6 Å². The lowest BCUT2D eigenvalue weighted by molar-refractivity contribution is 0.00493. The molecular formula is C28H38O5. The highest BCUT2D eigenvalue weighted by Crippen LogP contribution is 2.67. The monoisotopic (exact) mass is 454 g/mol. The molecule has 0 amide bonds. The average molecular weight is 455 g/mol. The summed E-state index contributed by atoms with van der Waals surface area (Å²) in [5.41, 5.74) is 1.62. The Bertz CT molecular complexity index is 1020. The van der Waals surface area contributed by atoms with Crippen molar-refractivity contribution < 1.29 is 24.5 Å². The van der Waals surface area contributed by atoms with Gasteiger partial charge < -0.3 is 14.9 Å². The van der Waals surface area contributed by atoms with E-state index in [-0.39, 0.29) is 57.7 Å². The number of fused-ring (bicyclic) bond motifs is 4. The van der Waals surface area contributed by atoms with E-state index in [9.17, 15) is 19.8 Å². The number of allylic oxidation sites excluding steroid dienone is 2. The summed E-state index contributed by atoms with van der Waals surface area (Å²) in [4.78, 5) is 25.0. The lowest BCUT2D eigenvalue weighted by Crippen LogP contribution is -2.45. The Balaban J connectivity index is 1.85. The van der Waals surface area contributed by atoms with Crippen LogP contribution in [0.4, 0.5) is 0 Å². The van der Waals surface area contributed by atoms with E-state index in [1.165, 1.54) is 5.57 Å². The molecule has 0 saturated heterocycles. The third-order valence-electron chi connectivity index (χ3n) is 8.56. The summed E-state index contributed by atoms with van der Waals surface area (Å²) in [5.74, 6) is 0.146. The molecule has 1 aromatic carbocycles. The van der Waals surface area contributed by atoms with Gasteiger partial charge in [-0.2, -0.15) is 0 Å². The lowest BCUT2D eigenvalue weighted by Gasteiger charge is -2.44. The highest BCUT2D eigenvalue weighted by atomic mass is 16.5. The van der Waals surface area contributed by atoms with Gasteiger partial charge in [0.2, 0.25) is 0 Å². The highest BCUT2D eigenvalue weighted by molar-refractivity contribution is 6.05. The first-order valence-corrected chi connectivity index (χ1v) is 12.3. The number of carbonyl (C=O) groups excluding carboxylic acids is 2. The van der Waals surface area contributed by atoms with Crippen molar-refractivity contribution in [1.29, 1.82) is 0 Å². The normalized spacial score (nSPS) is 30.3. The summed E-state index contributed by atoms with van der Waals surface area (Å²) < 4.78 is 6.60. The largest absolute Gasteiger partial charge is 0.507 e. The highest BCUT2D eigenvalue weighted by Gasteiger charge is 2.65. The van der Waals surface area contributed by atoms with Gasteiger partial charge in [0.15, 0.2) is 12.1 Å². The summed E-state index contributed by atoms with van der Waals surface area (Å²) in [7, 11) is 0. The minimum Gasteiger partial charge on any atom is -0.507 e. The van der Waals surface area contributed by atoms with Gasteiger partial charge in [0.1, 0.15) is 28.9 Å². The summed E-state index contributed by atoms with van der Waals surface area (Å²) >= 11 is 0. The topological polar surface area (TPSA) is 83.8 Å². The van der Waals surface area contributed by atoms with Crippen molar-refractivity contribution in [3.05, 3.63) is 28.3 Å². The number of Topliss-reactive ketones (excluding diaryl/α,β-unsaturated/α-hetero) is 1. The van der Waals surface area contributed by atoms with Crippen LogP contribution in [-0.4, -0.2) is 28.4 Å². The van der Waals surface area contributed by atoms with Crippen LogP contribution in [0.5, 0.6) is 17.2 Å². The Kier molecular flexibility index (Phi) is 5.91. The number of aromatic hydroxyl groups is 2. The van der Waals surface area contributed by atoms with Crippen LogP contribution in [0.1, 0.15) is 99.9 Å². The smallest absolute Gasteiger partial charge is 0.170 e. The lowest BCUT2D eigenvalue weighted by atomic mass is 9.69. The van der Waals surface area contributed by atoms with Crippen molar-refractivity contribution in [2.24, 2.45) is 28.6 Å². The first-order chi connectivity index (χ1) is 15.4.